The molecule has 0 bridgehead atoms. The Kier molecular flexibility index (Phi) is 4.46. The van der Waals surface area contributed by atoms with Crippen molar-refractivity contribution in [3.05, 3.63) is 33.9 Å². The maximum Gasteiger partial charge on any atom is 0.306 e. The molecule has 1 aromatic rings. The second-order valence-electron chi connectivity index (χ2n) is 4.53. The van der Waals surface area contributed by atoms with Crippen LogP contribution in [0.5, 0.6) is 0 Å². The fourth-order valence-corrected chi connectivity index (χ4v) is 3.23. The number of para-hydroxylation sites is 1. The van der Waals surface area contributed by atoms with Gasteiger partial charge in [0.05, 0.1) is 4.92 Å². The average molecular weight is 296 g/mol. The summed E-state index contributed by atoms with van der Waals surface area (Å²) in [6, 6.07) is 4.59. The van der Waals surface area contributed by atoms with Crippen molar-refractivity contribution in [3.63, 3.8) is 0 Å². The Bertz CT molecular complexity index is 537. The summed E-state index contributed by atoms with van der Waals surface area (Å²) < 4.78 is 0. The number of benzene rings is 1. The third-order valence-electron chi connectivity index (χ3n) is 3.23. The second-order valence-corrected chi connectivity index (χ2v) is 5.68. The minimum atomic E-state index is -0.578. The first-order valence-electron chi connectivity index (χ1n) is 6.19. The van der Waals surface area contributed by atoms with Crippen LogP contribution in [-0.4, -0.2) is 39.8 Å². The number of hydrazine groups is 1. The van der Waals surface area contributed by atoms with Gasteiger partial charge in [-0.2, -0.15) is 11.8 Å². The number of nitrogens with one attached hydrogen (secondary N) is 1. The molecule has 7 nitrogen and oxygen atoms in total. The number of rotatable bonds is 3. The zero-order valence-electron chi connectivity index (χ0n) is 11.0. The Hall–Kier alpha value is -1.80. The van der Waals surface area contributed by atoms with Crippen LogP contribution in [0.15, 0.2) is 18.2 Å². The summed E-state index contributed by atoms with van der Waals surface area (Å²) in [6.07, 6.45) is 0. The van der Waals surface area contributed by atoms with E-state index in [2.05, 4.69) is 5.43 Å². The van der Waals surface area contributed by atoms with E-state index in [1.165, 1.54) is 12.1 Å². The van der Waals surface area contributed by atoms with Gasteiger partial charge in [-0.1, -0.05) is 6.07 Å². The molecule has 2 rings (SSSR count). The first-order chi connectivity index (χ1) is 9.56. The molecule has 1 saturated heterocycles. The summed E-state index contributed by atoms with van der Waals surface area (Å²) in [5.41, 5.74) is 2.21. The summed E-state index contributed by atoms with van der Waals surface area (Å²) >= 11 is 1.78. The number of nitro benzene ring substituents is 1. The maximum atomic E-state index is 12.5. The van der Waals surface area contributed by atoms with Crippen molar-refractivity contribution in [2.45, 2.75) is 13.0 Å². The van der Waals surface area contributed by atoms with Gasteiger partial charge in [-0.25, -0.2) is 0 Å². The van der Waals surface area contributed by atoms with E-state index in [4.69, 9.17) is 5.84 Å². The van der Waals surface area contributed by atoms with Crippen molar-refractivity contribution in [3.8, 4) is 0 Å². The van der Waals surface area contributed by atoms with Crippen LogP contribution in [0.3, 0.4) is 0 Å². The van der Waals surface area contributed by atoms with E-state index in [1.54, 1.807) is 22.7 Å². The average Bonchev–Trinajstić information content (AvgIpc) is 2.46. The molecule has 1 unspecified atom stereocenters. The summed E-state index contributed by atoms with van der Waals surface area (Å²) in [4.78, 5) is 24.9. The molecule has 1 aliphatic heterocycles. The fraction of sp³-hybridized carbons (Fsp3) is 0.417. The largest absolute Gasteiger partial charge is 0.334 e. The van der Waals surface area contributed by atoms with Crippen LogP contribution in [0.4, 0.5) is 11.4 Å². The van der Waals surface area contributed by atoms with Gasteiger partial charge >= 0.3 is 5.69 Å². The zero-order chi connectivity index (χ0) is 14.7. The number of anilines is 1. The van der Waals surface area contributed by atoms with Gasteiger partial charge in [0.2, 0.25) is 0 Å². The molecule has 0 saturated carbocycles. The standard InChI is InChI=1S/C12H16N4O3S/c1-8-7-20-6-5-15(8)12(17)9-3-2-4-10(14-13)11(9)16(18)19/h2-4,8,14H,5-7,13H2,1H3. The number of nitrogen functional groups attached to an aromatic ring is 1. The number of hydrogen-bond acceptors (Lipinski definition) is 6. The normalized spacial score (nSPS) is 18.7. The van der Waals surface area contributed by atoms with Gasteiger partial charge in [0.1, 0.15) is 11.3 Å². The van der Waals surface area contributed by atoms with E-state index in [0.29, 0.717) is 6.54 Å². The first-order valence-corrected chi connectivity index (χ1v) is 7.34. The third kappa shape index (κ3) is 2.70. The van der Waals surface area contributed by atoms with Crippen molar-refractivity contribution >= 4 is 29.0 Å². The molecule has 0 spiro atoms. The molecule has 1 aliphatic rings. The topological polar surface area (TPSA) is 102 Å². The monoisotopic (exact) mass is 296 g/mol. The SMILES string of the molecule is CC1CSCCN1C(=O)c1cccc(NN)c1[N+](=O)[O-]. The minimum absolute atomic E-state index is 0.0651. The van der Waals surface area contributed by atoms with Crippen molar-refractivity contribution < 1.29 is 9.72 Å². The molecule has 0 aliphatic carbocycles. The van der Waals surface area contributed by atoms with Crippen LogP contribution in [0.25, 0.3) is 0 Å². The molecule has 1 atom stereocenters. The Labute approximate surface area is 120 Å². The highest BCUT2D eigenvalue weighted by atomic mass is 32.2. The number of nitrogens with zero attached hydrogens (tertiary/aromatic N) is 2. The van der Waals surface area contributed by atoms with E-state index < -0.39 is 4.92 Å². The molecule has 0 radical (unpaired) electrons. The van der Waals surface area contributed by atoms with E-state index in [1.807, 2.05) is 6.92 Å². The first kappa shape index (κ1) is 14.6. The Morgan fingerprint density at radius 2 is 2.35 bits per heavy atom. The fourth-order valence-electron chi connectivity index (χ4n) is 2.21. The lowest BCUT2D eigenvalue weighted by Crippen LogP contribution is -2.44. The van der Waals surface area contributed by atoms with Gasteiger partial charge in [0.15, 0.2) is 0 Å². The zero-order valence-corrected chi connectivity index (χ0v) is 11.9. The number of amides is 1. The highest BCUT2D eigenvalue weighted by molar-refractivity contribution is 7.99. The number of carbonyl (C=O) groups is 1. The Morgan fingerprint density at radius 3 is 2.95 bits per heavy atom. The van der Waals surface area contributed by atoms with Crippen LogP contribution in [0, 0.1) is 10.1 Å². The van der Waals surface area contributed by atoms with E-state index in [0.717, 1.165) is 11.5 Å². The third-order valence-corrected chi connectivity index (χ3v) is 4.42. The predicted octanol–water partition coefficient (Wildman–Crippen LogP) is 1.46. The molecule has 108 valence electrons. The van der Waals surface area contributed by atoms with Gasteiger partial charge in [-0.15, -0.1) is 0 Å². The predicted molar refractivity (Wildman–Crippen MR) is 78.7 cm³/mol. The van der Waals surface area contributed by atoms with Gasteiger partial charge in [0.25, 0.3) is 5.91 Å². The smallest absolute Gasteiger partial charge is 0.306 e. The summed E-state index contributed by atoms with van der Waals surface area (Å²) in [5.74, 6) is 6.65. The van der Waals surface area contributed by atoms with Crippen LogP contribution in [-0.2, 0) is 0 Å². The molecule has 1 amide bonds. The molecular weight excluding hydrogens is 280 g/mol. The number of carbonyl (C=O) groups excluding carboxylic acids is 1. The van der Waals surface area contributed by atoms with Gasteiger partial charge in [0, 0.05) is 24.1 Å². The lowest BCUT2D eigenvalue weighted by Gasteiger charge is -2.33. The van der Waals surface area contributed by atoms with E-state index >= 15 is 0 Å². The van der Waals surface area contributed by atoms with Crippen LogP contribution < -0.4 is 11.3 Å². The van der Waals surface area contributed by atoms with Crippen molar-refractivity contribution in [2.75, 3.05) is 23.5 Å². The van der Waals surface area contributed by atoms with Crippen molar-refractivity contribution in [1.82, 2.24) is 4.90 Å². The van der Waals surface area contributed by atoms with E-state index in [9.17, 15) is 14.9 Å². The molecule has 20 heavy (non-hydrogen) atoms. The summed E-state index contributed by atoms with van der Waals surface area (Å²) in [5, 5.41) is 11.2. The second kappa shape index (κ2) is 6.10. The summed E-state index contributed by atoms with van der Waals surface area (Å²) in [6.45, 7) is 2.54. The van der Waals surface area contributed by atoms with Crippen LogP contribution >= 0.6 is 11.8 Å². The number of thioether (sulfide) groups is 1. The summed E-state index contributed by atoms with van der Waals surface area (Å²) in [7, 11) is 0. The molecule has 1 aromatic carbocycles. The Morgan fingerprint density at radius 1 is 1.60 bits per heavy atom. The number of nitrogens with two attached hydrogens (primary N) is 1. The maximum absolute atomic E-state index is 12.5. The van der Waals surface area contributed by atoms with Crippen LogP contribution in [0.1, 0.15) is 17.3 Å². The van der Waals surface area contributed by atoms with Gasteiger partial charge in [-0.3, -0.25) is 20.8 Å². The highest BCUT2D eigenvalue weighted by Gasteiger charge is 2.31. The lowest BCUT2D eigenvalue weighted by molar-refractivity contribution is -0.384. The molecular formula is C12H16N4O3S. The quantitative estimate of drug-likeness (QED) is 0.497. The van der Waals surface area contributed by atoms with E-state index in [-0.39, 0.29) is 28.9 Å². The Balaban J connectivity index is 2.41. The van der Waals surface area contributed by atoms with Crippen molar-refractivity contribution in [1.29, 1.82) is 0 Å². The molecule has 8 heteroatoms. The lowest BCUT2D eigenvalue weighted by atomic mass is 10.1. The molecule has 1 heterocycles. The molecule has 0 aromatic heterocycles. The van der Waals surface area contributed by atoms with Gasteiger partial charge < -0.3 is 10.3 Å². The van der Waals surface area contributed by atoms with Crippen LogP contribution in [0.2, 0.25) is 0 Å². The molecule has 3 N–H and O–H groups in total. The minimum Gasteiger partial charge on any atom is -0.334 e. The van der Waals surface area contributed by atoms with Gasteiger partial charge in [-0.05, 0) is 19.1 Å². The molecule has 1 fully saturated rings. The highest BCUT2D eigenvalue weighted by Crippen LogP contribution is 2.30. The van der Waals surface area contributed by atoms with Crippen molar-refractivity contribution in [2.24, 2.45) is 5.84 Å². The number of hydrogen-bond donors (Lipinski definition) is 2. The number of nitro groups is 1.